The van der Waals surface area contributed by atoms with E-state index < -0.39 is 0 Å². The van der Waals surface area contributed by atoms with Gasteiger partial charge in [-0.3, -0.25) is 0 Å². The van der Waals surface area contributed by atoms with Gasteiger partial charge in [-0.25, -0.2) is 9.98 Å². The smallest absolute Gasteiger partial charge is 0.238 e. The average Bonchev–Trinajstić information content (AvgIpc) is 3.18. The number of pyridine rings is 1. The van der Waals surface area contributed by atoms with Crippen LogP contribution in [0.15, 0.2) is 35.5 Å². The Morgan fingerprint density at radius 2 is 2.04 bits per heavy atom. The summed E-state index contributed by atoms with van der Waals surface area (Å²) in [5.41, 5.74) is 2.85. The van der Waals surface area contributed by atoms with Crippen molar-refractivity contribution in [3.05, 3.63) is 36.2 Å². The lowest BCUT2D eigenvalue weighted by molar-refractivity contribution is 0.235. The van der Waals surface area contributed by atoms with Gasteiger partial charge in [-0.15, -0.1) is 0 Å². The van der Waals surface area contributed by atoms with Crippen molar-refractivity contribution in [2.45, 2.75) is 26.8 Å². The van der Waals surface area contributed by atoms with Gasteiger partial charge >= 0.3 is 0 Å². The first-order valence-electron chi connectivity index (χ1n) is 8.13. The van der Waals surface area contributed by atoms with Gasteiger partial charge in [0.15, 0.2) is 0 Å². The summed E-state index contributed by atoms with van der Waals surface area (Å²) >= 11 is 0. The average molecular weight is 323 g/mol. The maximum Gasteiger partial charge on any atom is 0.238 e. The molecule has 1 atom stereocenters. The Balaban J connectivity index is 1.88. The lowest BCUT2D eigenvalue weighted by atomic mass is 9.88. The fourth-order valence-electron chi connectivity index (χ4n) is 3.04. The van der Waals surface area contributed by atoms with Crippen LogP contribution in [-0.2, 0) is 4.74 Å². The molecule has 1 N–H and O–H groups in total. The highest BCUT2D eigenvalue weighted by molar-refractivity contribution is 6.14. The Morgan fingerprint density at radius 3 is 2.75 bits per heavy atom. The van der Waals surface area contributed by atoms with Crippen LogP contribution < -0.4 is 4.74 Å². The summed E-state index contributed by atoms with van der Waals surface area (Å²) in [5.74, 6) is 1.46. The first kappa shape index (κ1) is 15.0. The molecule has 1 aliphatic heterocycles. The van der Waals surface area contributed by atoms with Crippen LogP contribution in [0.4, 0.5) is 0 Å². The molecular formula is C19H21N3O2. The van der Waals surface area contributed by atoms with Gasteiger partial charge in [-0.05, 0) is 29.7 Å². The summed E-state index contributed by atoms with van der Waals surface area (Å²) in [7, 11) is 1.68. The van der Waals surface area contributed by atoms with Crippen LogP contribution in [0.5, 0.6) is 5.75 Å². The number of rotatable bonds is 2. The van der Waals surface area contributed by atoms with E-state index in [-0.39, 0.29) is 11.5 Å². The molecule has 0 fully saturated rings. The standard InChI is InChI=1S/C19H21N3O2/c1-19(2,3)15-10-24-18(22-15)17-16-12(7-8-20-17)13-9-11(23-4)5-6-14(13)21-16/h5-9,15,21H,10H2,1-4H3. The van der Waals surface area contributed by atoms with Gasteiger partial charge in [-0.1, -0.05) is 20.8 Å². The molecule has 0 radical (unpaired) electrons. The van der Waals surface area contributed by atoms with E-state index in [0.717, 1.165) is 33.2 Å². The topological polar surface area (TPSA) is 59.5 Å². The maximum absolute atomic E-state index is 5.87. The molecule has 1 aromatic carbocycles. The molecule has 5 heteroatoms. The molecule has 0 saturated heterocycles. The molecule has 0 aliphatic carbocycles. The molecular weight excluding hydrogens is 302 g/mol. The summed E-state index contributed by atoms with van der Waals surface area (Å²) in [5, 5.41) is 2.21. The lowest BCUT2D eigenvalue weighted by Gasteiger charge is -2.21. The van der Waals surface area contributed by atoms with Crippen molar-refractivity contribution < 1.29 is 9.47 Å². The second kappa shape index (κ2) is 5.23. The number of nitrogens with one attached hydrogen (secondary N) is 1. The van der Waals surface area contributed by atoms with Crippen LogP contribution in [-0.4, -0.2) is 35.6 Å². The predicted molar refractivity (Wildman–Crippen MR) is 95.9 cm³/mol. The van der Waals surface area contributed by atoms with Gasteiger partial charge in [-0.2, -0.15) is 0 Å². The highest BCUT2D eigenvalue weighted by Crippen LogP contribution is 2.32. The fourth-order valence-corrected chi connectivity index (χ4v) is 3.04. The summed E-state index contributed by atoms with van der Waals surface area (Å²) in [6.45, 7) is 7.13. The monoisotopic (exact) mass is 323 g/mol. The van der Waals surface area contributed by atoms with E-state index in [1.807, 2.05) is 24.3 Å². The number of H-pyrrole nitrogens is 1. The molecule has 0 amide bonds. The molecule has 0 spiro atoms. The number of methoxy groups -OCH3 is 1. The largest absolute Gasteiger partial charge is 0.497 e. The molecule has 0 saturated carbocycles. The maximum atomic E-state index is 5.87. The SMILES string of the molecule is COc1ccc2[nH]c3c(C4=NC(C(C)(C)C)CO4)nccc3c2c1. The predicted octanol–water partition coefficient (Wildman–Crippen LogP) is 3.92. The Hall–Kier alpha value is -2.56. The number of hydrogen-bond acceptors (Lipinski definition) is 4. The number of aromatic amines is 1. The van der Waals surface area contributed by atoms with E-state index >= 15 is 0 Å². The van der Waals surface area contributed by atoms with E-state index in [2.05, 4.69) is 30.7 Å². The zero-order chi connectivity index (χ0) is 16.9. The van der Waals surface area contributed by atoms with E-state index in [9.17, 15) is 0 Å². The molecule has 2 aromatic heterocycles. The van der Waals surface area contributed by atoms with Gasteiger partial charge in [0.25, 0.3) is 0 Å². The minimum absolute atomic E-state index is 0.0729. The van der Waals surface area contributed by atoms with Crippen molar-refractivity contribution in [2.24, 2.45) is 10.4 Å². The molecule has 4 rings (SSSR count). The zero-order valence-corrected chi connectivity index (χ0v) is 14.4. The Morgan fingerprint density at radius 1 is 1.21 bits per heavy atom. The minimum Gasteiger partial charge on any atom is -0.497 e. The lowest BCUT2D eigenvalue weighted by Crippen LogP contribution is -2.25. The van der Waals surface area contributed by atoms with Crippen LogP contribution >= 0.6 is 0 Å². The first-order chi connectivity index (χ1) is 11.5. The van der Waals surface area contributed by atoms with Crippen LogP contribution in [0, 0.1) is 5.41 Å². The van der Waals surface area contributed by atoms with Crippen LogP contribution in [0.25, 0.3) is 21.8 Å². The van der Waals surface area contributed by atoms with Gasteiger partial charge in [0.1, 0.15) is 18.1 Å². The molecule has 5 nitrogen and oxygen atoms in total. The number of benzene rings is 1. The zero-order valence-electron chi connectivity index (χ0n) is 14.4. The van der Waals surface area contributed by atoms with Crippen molar-refractivity contribution in [1.82, 2.24) is 9.97 Å². The summed E-state index contributed by atoms with van der Waals surface area (Å²) in [4.78, 5) is 12.7. The molecule has 3 aromatic rings. The first-order valence-corrected chi connectivity index (χ1v) is 8.13. The number of aromatic nitrogens is 2. The Bertz CT molecular complexity index is 950. The van der Waals surface area contributed by atoms with Gasteiger partial charge in [0, 0.05) is 22.5 Å². The third-order valence-electron chi connectivity index (χ3n) is 4.58. The Kier molecular flexibility index (Phi) is 3.27. The van der Waals surface area contributed by atoms with Crippen molar-refractivity contribution in [2.75, 3.05) is 13.7 Å². The molecule has 1 unspecified atom stereocenters. The van der Waals surface area contributed by atoms with E-state index in [1.165, 1.54) is 0 Å². The van der Waals surface area contributed by atoms with Crippen LogP contribution in [0.2, 0.25) is 0 Å². The normalized spacial score (nSPS) is 18.0. The van der Waals surface area contributed by atoms with Crippen LogP contribution in [0.3, 0.4) is 0 Å². The molecule has 0 bridgehead atoms. The fraction of sp³-hybridized carbons (Fsp3) is 0.368. The molecule has 24 heavy (non-hydrogen) atoms. The van der Waals surface area contributed by atoms with Crippen molar-refractivity contribution in [3.8, 4) is 5.75 Å². The van der Waals surface area contributed by atoms with Gasteiger partial charge in [0.05, 0.1) is 18.7 Å². The van der Waals surface area contributed by atoms with Gasteiger partial charge < -0.3 is 14.5 Å². The van der Waals surface area contributed by atoms with Crippen LogP contribution in [0.1, 0.15) is 26.5 Å². The highest BCUT2D eigenvalue weighted by atomic mass is 16.5. The van der Waals surface area contributed by atoms with Crippen molar-refractivity contribution in [1.29, 1.82) is 0 Å². The minimum atomic E-state index is 0.0729. The van der Waals surface area contributed by atoms with E-state index in [4.69, 9.17) is 14.5 Å². The number of nitrogens with zero attached hydrogens (tertiary/aromatic N) is 2. The molecule has 124 valence electrons. The third-order valence-corrected chi connectivity index (χ3v) is 4.58. The summed E-state index contributed by atoms with van der Waals surface area (Å²) in [6, 6.07) is 8.16. The van der Waals surface area contributed by atoms with E-state index in [0.29, 0.717) is 12.5 Å². The van der Waals surface area contributed by atoms with Gasteiger partial charge in [0.2, 0.25) is 5.90 Å². The Labute approximate surface area is 140 Å². The number of aliphatic imine (C=N–C) groups is 1. The second-order valence-corrected chi connectivity index (χ2v) is 7.25. The quantitative estimate of drug-likeness (QED) is 0.777. The van der Waals surface area contributed by atoms with Crippen molar-refractivity contribution in [3.63, 3.8) is 0 Å². The molecule has 3 heterocycles. The summed E-state index contributed by atoms with van der Waals surface area (Å²) in [6.07, 6.45) is 1.81. The summed E-state index contributed by atoms with van der Waals surface area (Å²) < 4.78 is 11.2. The second-order valence-electron chi connectivity index (χ2n) is 7.25. The number of hydrogen-bond donors (Lipinski definition) is 1. The third kappa shape index (κ3) is 2.31. The highest BCUT2D eigenvalue weighted by Gasteiger charge is 2.32. The van der Waals surface area contributed by atoms with E-state index in [1.54, 1.807) is 13.3 Å². The number of fused-ring (bicyclic) bond motifs is 3. The molecule has 1 aliphatic rings. The van der Waals surface area contributed by atoms with Crippen molar-refractivity contribution >= 4 is 27.7 Å². The number of ether oxygens (including phenoxy) is 2.